The van der Waals surface area contributed by atoms with Gasteiger partial charge in [-0.25, -0.2) is 9.79 Å². The maximum atomic E-state index is 12.8. The monoisotopic (exact) mass is 648 g/mol. The van der Waals surface area contributed by atoms with Gasteiger partial charge in [0.05, 0.1) is 32.2 Å². The van der Waals surface area contributed by atoms with Crippen molar-refractivity contribution in [2.75, 3.05) is 14.2 Å². The number of methoxy groups -OCH3 is 1. The summed E-state index contributed by atoms with van der Waals surface area (Å²) < 4.78 is 12.2. The lowest BCUT2D eigenvalue weighted by Crippen LogP contribution is -2.23. The Morgan fingerprint density at radius 1 is 1.08 bits per heavy atom. The number of hydrogen-bond donors (Lipinski definition) is 0. The smallest absolute Gasteiger partial charge is 0.337 e. The highest BCUT2D eigenvalue weighted by Gasteiger charge is 2.30. The van der Waals surface area contributed by atoms with Gasteiger partial charge in [-0.2, -0.15) is 0 Å². The molecule has 3 aromatic rings. The van der Waals surface area contributed by atoms with E-state index in [0.717, 1.165) is 20.1 Å². The largest absolute Gasteiger partial charge is 0.487 e. The van der Waals surface area contributed by atoms with E-state index in [-0.39, 0.29) is 5.91 Å². The number of likely N-dealkylation sites (N-methyl/N-ethyl adjacent to an activating group) is 1. The number of halogens is 3. The summed E-state index contributed by atoms with van der Waals surface area (Å²) in [6.07, 6.45) is 1.81. The van der Waals surface area contributed by atoms with Crippen molar-refractivity contribution in [1.29, 1.82) is 0 Å². The van der Waals surface area contributed by atoms with Gasteiger partial charge in [0.15, 0.2) is 5.17 Å². The molecule has 1 amide bonds. The van der Waals surface area contributed by atoms with Crippen molar-refractivity contribution < 1.29 is 19.1 Å². The molecule has 0 atom stereocenters. The molecule has 184 valence electrons. The number of amidine groups is 1. The van der Waals surface area contributed by atoms with Crippen molar-refractivity contribution >= 4 is 84.0 Å². The summed E-state index contributed by atoms with van der Waals surface area (Å²) in [4.78, 5) is 31.1. The second-order valence-electron chi connectivity index (χ2n) is 7.64. The van der Waals surface area contributed by atoms with Crippen LogP contribution in [0, 0.1) is 0 Å². The number of benzene rings is 3. The molecule has 0 aliphatic carbocycles. The highest BCUT2D eigenvalue weighted by molar-refractivity contribution is 9.11. The lowest BCUT2D eigenvalue weighted by Gasteiger charge is -2.12. The molecule has 1 aliphatic heterocycles. The first kappa shape index (κ1) is 26.5. The Kier molecular flexibility index (Phi) is 8.56. The van der Waals surface area contributed by atoms with Crippen LogP contribution in [0.1, 0.15) is 21.5 Å². The Balaban J connectivity index is 1.51. The third-order valence-corrected chi connectivity index (χ3v) is 7.62. The van der Waals surface area contributed by atoms with Crippen molar-refractivity contribution in [3.63, 3.8) is 0 Å². The van der Waals surface area contributed by atoms with Crippen molar-refractivity contribution in [2.24, 2.45) is 4.99 Å². The molecule has 3 aromatic carbocycles. The zero-order valence-electron chi connectivity index (χ0n) is 19.1. The Hall–Kier alpha value is -2.59. The first-order valence-corrected chi connectivity index (χ1v) is 13.3. The van der Waals surface area contributed by atoms with Gasteiger partial charge in [-0.3, -0.25) is 9.69 Å². The summed E-state index contributed by atoms with van der Waals surface area (Å²) in [5.41, 5.74) is 2.87. The molecule has 0 aromatic heterocycles. The minimum atomic E-state index is -0.416. The number of amides is 1. The summed E-state index contributed by atoms with van der Waals surface area (Å²) in [6.45, 7) is 0.383. The summed E-state index contributed by atoms with van der Waals surface area (Å²) >= 11 is 14.4. The lowest BCUT2D eigenvalue weighted by atomic mass is 10.2. The minimum Gasteiger partial charge on any atom is -0.487 e. The van der Waals surface area contributed by atoms with E-state index in [1.165, 1.54) is 23.8 Å². The number of rotatable bonds is 6. The van der Waals surface area contributed by atoms with Crippen LogP contribution < -0.4 is 4.74 Å². The highest BCUT2D eigenvalue weighted by atomic mass is 79.9. The molecule has 0 bridgehead atoms. The average Bonchev–Trinajstić information content (AvgIpc) is 3.12. The SMILES string of the molecule is COC(=O)c1ccc(N=C2SC(=Cc3cc(Br)c(OCc4ccc(Cl)cc4)c(Br)c3)C(=O)N2C)cc1. The predicted molar refractivity (Wildman–Crippen MR) is 151 cm³/mol. The Labute approximate surface area is 234 Å². The normalized spacial score (nSPS) is 15.6. The molecule has 1 fully saturated rings. The molecule has 0 unspecified atom stereocenters. The van der Waals surface area contributed by atoms with E-state index in [1.807, 2.05) is 42.5 Å². The standard InChI is InChI=1S/C26H19Br2ClN2O4S/c1-31-24(32)22(36-26(31)30-19-9-5-17(6-10-19)25(33)34-2)13-16-11-20(27)23(21(28)12-16)35-14-15-3-7-18(29)8-4-15/h3-13H,14H2,1-2H3. The van der Waals surface area contributed by atoms with Gasteiger partial charge < -0.3 is 9.47 Å². The summed E-state index contributed by atoms with van der Waals surface area (Å²) in [5, 5.41) is 1.21. The van der Waals surface area contributed by atoms with Crippen LogP contribution in [0.25, 0.3) is 6.08 Å². The van der Waals surface area contributed by atoms with Gasteiger partial charge in [0.2, 0.25) is 0 Å². The number of nitrogens with zero attached hydrogens (tertiary/aromatic N) is 2. The first-order chi connectivity index (χ1) is 17.2. The summed E-state index contributed by atoms with van der Waals surface area (Å²) in [5.74, 6) is 0.0909. The Morgan fingerprint density at radius 3 is 2.33 bits per heavy atom. The third kappa shape index (κ3) is 6.21. The maximum Gasteiger partial charge on any atom is 0.337 e. The van der Waals surface area contributed by atoms with Crippen molar-refractivity contribution in [1.82, 2.24) is 4.90 Å². The molecule has 0 radical (unpaired) electrons. The van der Waals surface area contributed by atoms with Crippen molar-refractivity contribution in [2.45, 2.75) is 6.61 Å². The number of ether oxygens (including phenoxy) is 2. The van der Waals surface area contributed by atoms with Gasteiger partial charge in [-0.1, -0.05) is 23.7 Å². The molecule has 0 N–H and O–H groups in total. The van der Waals surface area contributed by atoms with E-state index in [1.54, 1.807) is 31.3 Å². The molecule has 1 aliphatic rings. The second kappa shape index (κ2) is 11.6. The number of carbonyl (C=O) groups is 2. The van der Waals surface area contributed by atoms with E-state index in [9.17, 15) is 9.59 Å². The topological polar surface area (TPSA) is 68.2 Å². The van der Waals surface area contributed by atoms with E-state index < -0.39 is 5.97 Å². The molecule has 1 saturated heterocycles. The number of esters is 1. The molecule has 0 saturated carbocycles. The van der Waals surface area contributed by atoms with E-state index in [0.29, 0.717) is 38.7 Å². The number of thioether (sulfide) groups is 1. The van der Waals surface area contributed by atoms with Crippen LogP contribution in [0.3, 0.4) is 0 Å². The van der Waals surface area contributed by atoms with Gasteiger partial charge in [-0.05, 0) is 109 Å². The van der Waals surface area contributed by atoms with Crippen LogP contribution in [-0.2, 0) is 16.1 Å². The molecule has 10 heteroatoms. The zero-order chi connectivity index (χ0) is 25.8. The minimum absolute atomic E-state index is 0.153. The number of hydrogen-bond acceptors (Lipinski definition) is 6. The van der Waals surface area contributed by atoms with E-state index >= 15 is 0 Å². The lowest BCUT2D eigenvalue weighted by molar-refractivity contribution is -0.121. The highest BCUT2D eigenvalue weighted by Crippen LogP contribution is 2.38. The molecule has 36 heavy (non-hydrogen) atoms. The van der Waals surface area contributed by atoms with Gasteiger partial charge in [0, 0.05) is 12.1 Å². The molecule has 0 spiro atoms. The van der Waals surface area contributed by atoms with Crippen LogP contribution in [0.5, 0.6) is 5.75 Å². The van der Waals surface area contributed by atoms with Crippen molar-refractivity contribution in [3.8, 4) is 5.75 Å². The fraction of sp³-hybridized carbons (Fsp3) is 0.115. The van der Waals surface area contributed by atoms with Crippen LogP contribution in [-0.4, -0.2) is 36.1 Å². The second-order valence-corrected chi connectivity index (χ2v) is 10.8. The van der Waals surface area contributed by atoms with Crippen LogP contribution in [0.2, 0.25) is 5.02 Å². The van der Waals surface area contributed by atoms with Crippen LogP contribution in [0.15, 0.2) is 79.5 Å². The predicted octanol–water partition coefficient (Wildman–Crippen LogP) is 7.46. The van der Waals surface area contributed by atoms with Gasteiger partial charge >= 0.3 is 5.97 Å². The molecular weight excluding hydrogens is 632 g/mol. The number of carbonyl (C=O) groups excluding carboxylic acids is 2. The molecule has 4 rings (SSSR count). The fourth-order valence-corrected chi connectivity index (χ4v) is 5.80. The fourth-order valence-electron chi connectivity index (χ4n) is 3.24. The average molecular weight is 651 g/mol. The first-order valence-electron chi connectivity index (χ1n) is 10.6. The molecule has 6 nitrogen and oxygen atoms in total. The van der Waals surface area contributed by atoms with Crippen molar-refractivity contribution in [3.05, 3.63) is 96.2 Å². The van der Waals surface area contributed by atoms with E-state index in [4.69, 9.17) is 21.1 Å². The van der Waals surface area contributed by atoms with Gasteiger partial charge in [-0.15, -0.1) is 0 Å². The summed E-state index contributed by atoms with van der Waals surface area (Å²) in [6, 6.07) is 17.9. The maximum absolute atomic E-state index is 12.8. The third-order valence-electron chi connectivity index (χ3n) is 5.13. The summed E-state index contributed by atoms with van der Waals surface area (Å²) in [7, 11) is 3.01. The Bertz CT molecular complexity index is 1350. The van der Waals surface area contributed by atoms with Gasteiger partial charge in [0.25, 0.3) is 5.91 Å². The quantitative estimate of drug-likeness (QED) is 0.205. The van der Waals surface area contributed by atoms with Gasteiger partial charge in [0.1, 0.15) is 12.4 Å². The van der Waals surface area contributed by atoms with Crippen LogP contribution in [0.4, 0.5) is 5.69 Å². The number of aliphatic imine (C=N–C) groups is 1. The molecular formula is C26H19Br2ClN2O4S. The van der Waals surface area contributed by atoms with Crippen LogP contribution >= 0.6 is 55.2 Å². The molecule has 1 heterocycles. The Morgan fingerprint density at radius 2 is 1.72 bits per heavy atom. The zero-order valence-corrected chi connectivity index (χ0v) is 23.9. The van der Waals surface area contributed by atoms with E-state index in [2.05, 4.69) is 36.9 Å².